The van der Waals surface area contributed by atoms with Gasteiger partial charge < -0.3 is 5.11 Å². The molecule has 0 saturated heterocycles. The predicted octanol–water partition coefficient (Wildman–Crippen LogP) is 3.10. The summed E-state index contributed by atoms with van der Waals surface area (Å²) in [6.45, 7) is 10.4. The van der Waals surface area contributed by atoms with Gasteiger partial charge in [0.05, 0.1) is 6.10 Å². The second-order valence-corrected chi connectivity index (χ2v) is 6.99. The van der Waals surface area contributed by atoms with Crippen LogP contribution in [0.4, 0.5) is 0 Å². The van der Waals surface area contributed by atoms with Gasteiger partial charge in [0, 0.05) is 11.8 Å². The van der Waals surface area contributed by atoms with Crippen molar-refractivity contribution in [3.8, 4) is 0 Å². The minimum atomic E-state index is -0.444. The molecule has 0 heterocycles. The number of carbonyl (C=O) groups excluding carboxylic acids is 1. The van der Waals surface area contributed by atoms with Gasteiger partial charge in [-0.3, -0.25) is 4.79 Å². The van der Waals surface area contributed by atoms with E-state index in [-0.39, 0.29) is 10.8 Å². The highest BCUT2D eigenvalue weighted by Crippen LogP contribution is 2.59. The molecule has 2 saturated carbocycles. The lowest BCUT2D eigenvalue weighted by molar-refractivity contribution is -0.124. The van der Waals surface area contributed by atoms with Gasteiger partial charge in [0.15, 0.2) is 0 Å². The lowest BCUT2D eigenvalue weighted by Crippen LogP contribution is -2.26. The molecule has 3 atom stereocenters. The van der Waals surface area contributed by atoms with E-state index < -0.39 is 6.10 Å². The van der Waals surface area contributed by atoms with Crippen molar-refractivity contribution in [1.82, 2.24) is 0 Å². The minimum absolute atomic E-state index is 0.0696. The van der Waals surface area contributed by atoms with Gasteiger partial charge in [-0.15, -0.1) is 0 Å². The maximum absolute atomic E-state index is 12.1. The van der Waals surface area contributed by atoms with Gasteiger partial charge in [0.25, 0.3) is 0 Å². The van der Waals surface area contributed by atoms with Crippen LogP contribution in [0.5, 0.6) is 0 Å². The fourth-order valence-electron chi connectivity index (χ4n) is 3.24. The lowest BCUT2D eigenvalue weighted by Gasteiger charge is -2.30. The molecule has 0 aromatic rings. The molecule has 17 heavy (non-hydrogen) atoms. The zero-order chi connectivity index (χ0) is 12.8. The zero-order valence-electron chi connectivity index (χ0n) is 11.3. The van der Waals surface area contributed by atoms with Crippen molar-refractivity contribution in [2.45, 2.75) is 59.0 Å². The van der Waals surface area contributed by atoms with Crippen molar-refractivity contribution in [2.75, 3.05) is 0 Å². The Morgan fingerprint density at radius 3 is 2.47 bits per heavy atom. The maximum atomic E-state index is 12.1. The average Bonchev–Trinajstić information content (AvgIpc) is 2.83. The smallest absolute Gasteiger partial charge is 0.139 e. The van der Waals surface area contributed by atoms with E-state index in [2.05, 4.69) is 27.4 Å². The quantitative estimate of drug-likeness (QED) is 0.656. The molecule has 2 aliphatic carbocycles. The summed E-state index contributed by atoms with van der Waals surface area (Å²) in [7, 11) is 0. The Hall–Kier alpha value is -0.630. The summed E-state index contributed by atoms with van der Waals surface area (Å²) in [5.74, 6) is 0.900. The molecule has 2 heteroatoms. The van der Waals surface area contributed by atoms with Crippen LogP contribution in [0, 0.1) is 16.7 Å². The molecular weight excluding hydrogens is 212 g/mol. The lowest BCUT2D eigenvalue weighted by atomic mass is 9.76. The van der Waals surface area contributed by atoms with Crippen molar-refractivity contribution in [2.24, 2.45) is 16.7 Å². The van der Waals surface area contributed by atoms with Crippen molar-refractivity contribution < 1.29 is 9.90 Å². The van der Waals surface area contributed by atoms with Crippen molar-refractivity contribution >= 4 is 5.78 Å². The summed E-state index contributed by atoms with van der Waals surface area (Å²) >= 11 is 0. The summed E-state index contributed by atoms with van der Waals surface area (Å²) in [4.78, 5) is 12.1. The Bertz CT molecular complexity index is 356. The molecule has 2 fully saturated rings. The first-order chi connectivity index (χ1) is 7.74. The Labute approximate surface area is 104 Å². The molecule has 2 rings (SSSR count). The van der Waals surface area contributed by atoms with Gasteiger partial charge in [-0.1, -0.05) is 27.4 Å². The first kappa shape index (κ1) is 12.8. The summed E-state index contributed by atoms with van der Waals surface area (Å²) in [6.07, 6.45) is 3.62. The molecule has 0 aliphatic heterocycles. The van der Waals surface area contributed by atoms with Gasteiger partial charge in [-0.2, -0.15) is 0 Å². The van der Waals surface area contributed by atoms with Gasteiger partial charge in [0.2, 0.25) is 0 Å². The Kier molecular flexibility index (Phi) is 2.97. The van der Waals surface area contributed by atoms with Crippen LogP contribution < -0.4 is 0 Å². The van der Waals surface area contributed by atoms with E-state index >= 15 is 0 Å². The van der Waals surface area contributed by atoms with E-state index in [1.165, 1.54) is 0 Å². The van der Waals surface area contributed by atoms with Crippen LogP contribution in [-0.4, -0.2) is 17.0 Å². The molecule has 0 bridgehead atoms. The van der Waals surface area contributed by atoms with E-state index in [4.69, 9.17) is 0 Å². The number of rotatable bonds is 0. The first-order valence-electron chi connectivity index (χ1n) is 6.64. The fraction of sp³-hybridized carbons (Fsp3) is 0.800. The zero-order valence-corrected chi connectivity index (χ0v) is 11.3. The number of aliphatic hydroxyl groups excluding tert-OH is 1. The van der Waals surface area contributed by atoms with E-state index in [1.54, 1.807) is 0 Å². The predicted molar refractivity (Wildman–Crippen MR) is 68.6 cm³/mol. The van der Waals surface area contributed by atoms with Crippen LogP contribution in [0.2, 0.25) is 0 Å². The second kappa shape index (κ2) is 3.94. The number of carbonyl (C=O) groups is 1. The molecule has 0 spiro atoms. The average molecular weight is 236 g/mol. The topological polar surface area (TPSA) is 37.3 Å². The summed E-state index contributed by atoms with van der Waals surface area (Å²) in [6, 6.07) is 0. The highest BCUT2D eigenvalue weighted by molar-refractivity contribution is 5.87. The number of Topliss-reactive ketones (excluding diaryl/α,β-unsaturated/α-hetero) is 1. The Morgan fingerprint density at radius 1 is 1.18 bits per heavy atom. The number of fused-ring (bicyclic) bond motifs is 1. The summed E-state index contributed by atoms with van der Waals surface area (Å²) in [5.41, 5.74) is 0.858. The molecule has 0 unspecified atom stereocenters. The molecule has 96 valence electrons. The molecule has 2 aliphatic rings. The third-order valence-electron chi connectivity index (χ3n) is 4.74. The molecule has 0 aromatic heterocycles. The summed E-state index contributed by atoms with van der Waals surface area (Å²) < 4.78 is 0. The Morgan fingerprint density at radius 2 is 1.82 bits per heavy atom. The third-order valence-corrected chi connectivity index (χ3v) is 4.74. The molecular formula is C15H24O2. The van der Waals surface area contributed by atoms with Gasteiger partial charge in [-0.05, 0) is 42.6 Å². The molecule has 2 nitrogen and oxygen atoms in total. The third kappa shape index (κ3) is 2.47. The van der Waals surface area contributed by atoms with Crippen LogP contribution in [0.3, 0.4) is 0 Å². The van der Waals surface area contributed by atoms with E-state index in [9.17, 15) is 9.90 Å². The Balaban J connectivity index is 2.17. The SMILES string of the molecule is C=C1CCC(=O)[C@@]2(C)C[C@H]2CC(C)(C)C[C@H]1O. The number of aliphatic hydroxyl groups is 1. The first-order valence-corrected chi connectivity index (χ1v) is 6.64. The van der Waals surface area contributed by atoms with E-state index in [0.29, 0.717) is 24.5 Å². The van der Waals surface area contributed by atoms with Crippen LogP contribution >= 0.6 is 0 Å². The van der Waals surface area contributed by atoms with Crippen molar-refractivity contribution in [3.63, 3.8) is 0 Å². The fourth-order valence-corrected chi connectivity index (χ4v) is 3.24. The molecule has 0 radical (unpaired) electrons. The monoisotopic (exact) mass is 236 g/mol. The normalized spacial score (nSPS) is 41.9. The van der Waals surface area contributed by atoms with Crippen LogP contribution in [-0.2, 0) is 4.79 Å². The van der Waals surface area contributed by atoms with Gasteiger partial charge >= 0.3 is 0 Å². The van der Waals surface area contributed by atoms with Crippen molar-refractivity contribution in [3.05, 3.63) is 12.2 Å². The van der Waals surface area contributed by atoms with Gasteiger partial charge in [-0.25, -0.2) is 0 Å². The maximum Gasteiger partial charge on any atom is 0.139 e. The van der Waals surface area contributed by atoms with Crippen LogP contribution in [0.15, 0.2) is 12.2 Å². The van der Waals surface area contributed by atoms with Crippen LogP contribution in [0.1, 0.15) is 52.9 Å². The van der Waals surface area contributed by atoms with Crippen molar-refractivity contribution in [1.29, 1.82) is 0 Å². The number of hydrogen-bond donors (Lipinski definition) is 1. The molecule has 0 amide bonds. The highest BCUT2D eigenvalue weighted by Gasteiger charge is 2.56. The minimum Gasteiger partial charge on any atom is -0.389 e. The largest absolute Gasteiger partial charge is 0.389 e. The molecule has 0 aromatic carbocycles. The van der Waals surface area contributed by atoms with Crippen LogP contribution in [0.25, 0.3) is 0 Å². The number of hydrogen-bond acceptors (Lipinski definition) is 2. The summed E-state index contributed by atoms with van der Waals surface area (Å²) in [5, 5.41) is 10.1. The number of ketones is 1. The highest BCUT2D eigenvalue weighted by atomic mass is 16.3. The second-order valence-electron chi connectivity index (χ2n) is 6.99. The molecule has 1 N–H and O–H groups in total. The van der Waals surface area contributed by atoms with E-state index in [1.807, 2.05) is 0 Å². The van der Waals surface area contributed by atoms with E-state index in [0.717, 1.165) is 24.8 Å². The van der Waals surface area contributed by atoms with Gasteiger partial charge in [0.1, 0.15) is 5.78 Å². The standard InChI is InChI=1S/C15H24O2/c1-10-5-6-13(17)15(4)8-11(15)7-14(2,3)9-12(10)16/h11-12,16H,1,5-9H2,2-4H3/t11-,12-,15+/m1/s1.